The molecule has 1 unspecified atom stereocenters. The van der Waals surface area contributed by atoms with Crippen LogP contribution in [0.15, 0.2) is 16.7 Å². The van der Waals surface area contributed by atoms with Crippen LogP contribution in [0.5, 0.6) is 0 Å². The van der Waals surface area contributed by atoms with Crippen molar-refractivity contribution in [3.8, 4) is 0 Å². The molecule has 1 aromatic carbocycles. The van der Waals surface area contributed by atoms with Crippen LogP contribution in [-0.2, 0) is 21.3 Å². The van der Waals surface area contributed by atoms with Crippen molar-refractivity contribution in [2.24, 2.45) is 0 Å². The lowest BCUT2D eigenvalue weighted by molar-refractivity contribution is -0.113. The summed E-state index contributed by atoms with van der Waals surface area (Å²) in [6.45, 7) is 7.36. The predicted molar refractivity (Wildman–Crippen MR) is 92.2 cm³/mol. The summed E-state index contributed by atoms with van der Waals surface area (Å²) in [6, 6.07) is 3.72. The van der Waals surface area contributed by atoms with Gasteiger partial charge in [0.2, 0.25) is 5.91 Å². The fraction of sp³-hybridized carbons (Fsp3) is 0.375. The van der Waals surface area contributed by atoms with Crippen LogP contribution in [0.25, 0.3) is 0 Å². The first-order valence-corrected chi connectivity index (χ1v) is 8.98. The summed E-state index contributed by atoms with van der Waals surface area (Å²) in [5.74, 6) is 0.445. The van der Waals surface area contributed by atoms with Crippen LogP contribution in [0.3, 0.4) is 0 Å². The van der Waals surface area contributed by atoms with Crippen LogP contribution in [0.2, 0.25) is 5.02 Å². The van der Waals surface area contributed by atoms with E-state index in [0.717, 1.165) is 16.7 Å². The molecule has 1 heterocycles. The Morgan fingerprint density at radius 3 is 2.57 bits per heavy atom. The van der Waals surface area contributed by atoms with Gasteiger partial charge in [0.25, 0.3) is 0 Å². The van der Waals surface area contributed by atoms with Crippen molar-refractivity contribution in [1.29, 1.82) is 0 Å². The Hall–Kier alpha value is -1.66. The first kappa shape index (κ1) is 17.7. The van der Waals surface area contributed by atoms with Crippen LogP contribution < -0.4 is 5.32 Å². The zero-order valence-corrected chi connectivity index (χ0v) is 15.1. The van der Waals surface area contributed by atoms with E-state index < -0.39 is 10.8 Å². The first-order chi connectivity index (χ1) is 10.8. The van der Waals surface area contributed by atoms with Crippen molar-refractivity contribution in [2.45, 2.75) is 33.4 Å². The number of anilines is 1. The maximum absolute atomic E-state index is 12.2. The molecular weight excluding hydrogens is 336 g/mol. The molecule has 1 aromatic heterocycles. The summed E-state index contributed by atoms with van der Waals surface area (Å²) in [5, 5.41) is 7.04. The lowest BCUT2D eigenvalue weighted by Crippen LogP contribution is -2.21. The van der Waals surface area contributed by atoms with Crippen molar-refractivity contribution in [1.82, 2.24) is 5.16 Å². The minimum Gasteiger partial charge on any atom is -0.361 e. The smallest absolute Gasteiger partial charge is 0.237 e. The Morgan fingerprint density at radius 1 is 1.30 bits per heavy atom. The Balaban J connectivity index is 2.01. The number of aryl methyl sites for hydroxylation is 4. The van der Waals surface area contributed by atoms with Gasteiger partial charge >= 0.3 is 0 Å². The molecule has 1 amide bonds. The summed E-state index contributed by atoms with van der Waals surface area (Å²) in [7, 11) is -1.35. The standard InChI is InChI=1S/C16H19ClN2O3S/c1-9-5-10(2)16(14(17)6-9)18-15(20)8-23(21)7-13-11(3)19-22-12(13)4/h5-6H,7-8H2,1-4H3,(H,18,20). The van der Waals surface area contributed by atoms with Gasteiger partial charge in [-0.25, -0.2) is 0 Å². The molecule has 0 fully saturated rings. The number of hydrogen-bond acceptors (Lipinski definition) is 4. The molecule has 2 rings (SSSR count). The fourth-order valence-electron chi connectivity index (χ4n) is 2.32. The minimum atomic E-state index is -1.35. The van der Waals surface area contributed by atoms with Gasteiger partial charge in [-0.3, -0.25) is 9.00 Å². The van der Waals surface area contributed by atoms with Gasteiger partial charge < -0.3 is 9.84 Å². The maximum atomic E-state index is 12.2. The van der Waals surface area contributed by atoms with E-state index in [-0.39, 0.29) is 17.4 Å². The molecule has 124 valence electrons. The van der Waals surface area contributed by atoms with Gasteiger partial charge in [0.05, 0.1) is 22.2 Å². The Morgan fingerprint density at radius 2 is 2.00 bits per heavy atom. The van der Waals surface area contributed by atoms with Gasteiger partial charge in [-0.15, -0.1) is 0 Å². The Kier molecular flexibility index (Phi) is 5.59. The maximum Gasteiger partial charge on any atom is 0.237 e. The SMILES string of the molecule is Cc1cc(C)c(NC(=O)CS(=O)Cc2c(C)noc2C)c(Cl)c1. The van der Waals surface area contributed by atoms with Crippen molar-refractivity contribution < 1.29 is 13.5 Å². The normalized spacial score (nSPS) is 12.2. The molecule has 1 N–H and O–H groups in total. The first-order valence-electron chi connectivity index (χ1n) is 7.11. The summed E-state index contributed by atoms with van der Waals surface area (Å²) in [5.41, 5.74) is 3.96. The van der Waals surface area contributed by atoms with Crippen molar-refractivity contribution in [2.75, 3.05) is 11.1 Å². The Labute approximate surface area is 142 Å². The molecule has 0 saturated heterocycles. The predicted octanol–water partition coefficient (Wildman–Crippen LogP) is 3.45. The molecule has 0 radical (unpaired) electrons. The van der Waals surface area contributed by atoms with Gasteiger partial charge in [0.15, 0.2) is 0 Å². The van der Waals surface area contributed by atoms with Gasteiger partial charge in [-0.05, 0) is 44.9 Å². The van der Waals surface area contributed by atoms with Crippen molar-refractivity contribution >= 4 is 34.0 Å². The molecular formula is C16H19ClN2O3S. The second kappa shape index (κ2) is 7.27. The summed E-state index contributed by atoms with van der Waals surface area (Å²) < 4.78 is 17.2. The molecule has 7 heteroatoms. The van der Waals surface area contributed by atoms with Crippen LogP contribution in [0.4, 0.5) is 5.69 Å². The summed E-state index contributed by atoms with van der Waals surface area (Å²) in [4.78, 5) is 12.1. The number of nitrogens with one attached hydrogen (secondary N) is 1. The molecule has 0 aliphatic carbocycles. The lowest BCUT2D eigenvalue weighted by atomic mass is 10.1. The van der Waals surface area contributed by atoms with E-state index in [1.165, 1.54) is 0 Å². The Bertz CT molecular complexity index is 728. The van der Waals surface area contributed by atoms with Gasteiger partial charge in [-0.2, -0.15) is 0 Å². The summed E-state index contributed by atoms with van der Waals surface area (Å²) >= 11 is 6.16. The molecule has 0 spiro atoms. The molecule has 23 heavy (non-hydrogen) atoms. The number of aromatic nitrogens is 1. The average molecular weight is 355 g/mol. The minimum absolute atomic E-state index is 0.103. The van der Waals surface area contributed by atoms with E-state index in [0.29, 0.717) is 22.2 Å². The molecule has 0 saturated carbocycles. The van der Waals surface area contributed by atoms with Crippen LogP contribution in [0.1, 0.15) is 28.1 Å². The molecule has 5 nitrogen and oxygen atoms in total. The average Bonchev–Trinajstić information content (AvgIpc) is 2.74. The third kappa shape index (κ3) is 4.42. The molecule has 0 aliphatic heterocycles. The highest BCUT2D eigenvalue weighted by Crippen LogP contribution is 2.27. The molecule has 0 bridgehead atoms. The van der Waals surface area contributed by atoms with Gasteiger partial charge in [0.1, 0.15) is 11.5 Å². The van der Waals surface area contributed by atoms with E-state index in [2.05, 4.69) is 10.5 Å². The largest absolute Gasteiger partial charge is 0.361 e. The van der Waals surface area contributed by atoms with Gasteiger partial charge in [-0.1, -0.05) is 22.8 Å². The van der Waals surface area contributed by atoms with Gasteiger partial charge in [0, 0.05) is 16.4 Å². The molecule has 2 aromatic rings. The van der Waals surface area contributed by atoms with E-state index in [1.807, 2.05) is 19.9 Å². The van der Waals surface area contributed by atoms with E-state index in [4.69, 9.17) is 16.1 Å². The molecule has 0 aliphatic rings. The van der Waals surface area contributed by atoms with Crippen LogP contribution in [0, 0.1) is 27.7 Å². The van der Waals surface area contributed by atoms with Crippen molar-refractivity contribution in [3.05, 3.63) is 45.3 Å². The van der Waals surface area contributed by atoms with E-state index >= 15 is 0 Å². The highest BCUT2D eigenvalue weighted by Gasteiger charge is 2.16. The van der Waals surface area contributed by atoms with Crippen LogP contribution in [-0.4, -0.2) is 21.0 Å². The van der Waals surface area contributed by atoms with E-state index in [1.54, 1.807) is 19.9 Å². The number of rotatable bonds is 5. The number of carbonyl (C=O) groups excluding carboxylic acids is 1. The number of amides is 1. The third-order valence-corrected chi connectivity index (χ3v) is 4.97. The molecule has 1 atom stereocenters. The number of nitrogens with zero attached hydrogens (tertiary/aromatic N) is 1. The monoisotopic (exact) mass is 354 g/mol. The number of hydrogen-bond donors (Lipinski definition) is 1. The van der Waals surface area contributed by atoms with E-state index in [9.17, 15) is 9.00 Å². The third-order valence-electron chi connectivity index (χ3n) is 3.47. The quantitative estimate of drug-likeness (QED) is 0.892. The second-order valence-corrected chi connectivity index (χ2v) is 7.38. The number of halogens is 1. The fourth-order valence-corrected chi connectivity index (χ4v) is 3.88. The zero-order valence-electron chi connectivity index (χ0n) is 13.5. The highest BCUT2D eigenvalue weighted by atomic mass is 35.5. The summed E-state index contributed by atoms with van der Waals surface area (Å²) in [6.07, 6.45) is 0. The highest BCUT2D eigenvalue weighted by molar-refractivity contribution is 7.85. The van der Waals surface area contributed by atoms with Crippen LogP contribution >= 0.6 is 11.6 Å². The second-order valence-electron chi connectivity index (χ2n) is 5.52. The zero-order chi connectivity index (χ0) is 17.1. The van der Waals surface area contributed by atoms with Crippen molar-refractivity contribution in [3.63, 3.8) is 0 Å². The number of carbonyl (C=O) groups is 1. The lowest BCUT2D eigenvalue weighted by Gasteiger charge is -2.11. The number of benzene rings is 1. The topological polar surface area (TPSA) is 72.2 Å².